The summed E-state index contributed by atoms with van der Waals surface area (Å²) in [4.78, 5) is 27.1. The van der Waals surface area contributed by atoms with Crippen molar-refractivity contribution < 1.29 is 35.9 Å². The number of halogens is 6. The quantitative estimate of drug-likeness (QED) is 0.441. The molecule has 0 bridgehead atoms. The summed E-state index contributed by atoms with van der Waals surface area (Å²) < 4.78 is 89.3. The van der Waals surface area contributed by atoms with Crippen LogP contribution in [0.25, 0.3) is 5.69 Å². The van der Waals surface area contributed by atoms with Gasteiger partial charge in [-0.3, -0.25) is 9.36 Å². The number of aromatic nitrogens is 3. The summed E-state index contributed by atoms with van der Waals surface area (Å²) in [5.41, 5.74) is -3.06. The van der Waals surface area contributed by atoms with Crippen LogP contribution in [0.2, 0.25) is 0 Å². The fourth-order valence-electron chi connectivity index (χ4n) is 3.15. The molecule has 0 unspecified atom stereocenters. The Hall–Kier alpha value is -3.81. The lowest BCUT2D eigenvalue weighted by Gasteiger charge is -2.19. The largest absolute Gasteiger partial charge is 0.481 e. The fraction of sp³-hybridized carbons (Fsp3) is 0.318. The van der Waals surface area contributed by atoms with Crippen molar-refractivity contribution in [3.63, 3.8) is 0 Å². The van der Waals surface area contributed by atoms with Gasteiger partial charge in [0.25, 0.3) is 12.3 Å². The van der Waals surface area contributed by atoms with E-state index in [0.29, 0.717) is 16.8 Å². The first kappa shape index (κ1) is 26.8. The molecule has 1 N–H and O–H groups in total. The Bertz CT molecular complexity index is 1300. The van der Waals surface area contributed by atoms with E-state index in [2.05, 4.69) is 5.10 Å². The maximum absolute atomic E-state index is 15.1. The monoisotopic (exact) mass is 517 g/mol. The molecule has 1 atom stereocenters. The number of nitrogens with one attached hydrogen (secondary N) is 1. The number of alkyl halides is 3. The molecular formula is C22H21F6N5O3. The van der Waals surface area contributed by atoms with Crippen LogP contribution in [-0.4, -0.2) is 58.5 Å². The molecule has 0 saturated heterocycles. The second-order valence-corrected chi connectivity index (χ2v) is 7.90. The molecule has 1 amide bonds. The molecule has 0 aliphatic heterocycles. The van der Waals surface area contributed by atoms with E-state index in [9.17, 15) is 31.5 Å². The molecule has 0 radical (unpaired) electrons. The number of para-hydroxylation sites is 1. The molecule has 1 aromatic heterocycles. The molecule has 3 aromatic rings. The molecule has 3 rings (SSSR count). The summed E-state index contributed by atoms with van der Waals surface area (Å²) in [7, 11) is 4.77. The van der Waals surface area contributed by atoms with Gasteiger partial charge in [0.05, 0.1) is 12.1 Å². The van der Waals surface area contributed by atoms with Gasteiger partial charge in [-0.15, -0.1) is 5.10 Å². The van der Waals surface area contributed by atoms with Crippen molar-refractivity contribution in [3.8, 4) is 11.4 Å². The number of amides is 1. The van der Waals surface area contributed by atoms with E-state index in [1.807, 2.05) is 5.32 Å². The molecule has 194 valence electrons. The van der Waals surface area contributed by atoms with Gasteiger partial charge in [-0.25, -0.2) is 31.1 Å². The zero-order chi connectivity index (χ0) is 26.7. The van der Waals surface area contributed by atoms with Gasteiger partial charge in [0.1, 0.15) is 47.1 Å². The lowest BCUT2D eigenvalue weighted by atomic mass is 10.1. The molecular weight excluding hydrogens is 496 g/mol. The van der Waals surface area contributed by atoms with Gasteiger partial charge >= 0.3 is 5.69 Å². The number of anilines is 1. The van der Waals surface area contributed by atoms with Crippen LogP contribution in [0.1, 0.15) is 16.2 Å². The van der Waals surface area contributed by atoms with Crippen LogP contribution in [0.15, 0.2) is 35.1 Å². The maximum Gasteiger partial charge on any atom is 0.350 e. The Balaban J connectivity index is 2.14. The predicted octanol–water partition coefficient (Wildman–Crippen LogP) is 3.28. The van der Waals surface area contributed by atoms with Crippen molar-refractivity contribution in [2.75, 3.05) is 26.1 Å². The molecule has 0 fully saturated rings. The van der Waals surface area contributed by atoms with Gasteiger partial charge in [-0.2, -0.15) is 4.68 Å². The van der Waals surface area contributed by atoms with Crippen molar-refractivity contribution in [2.24, 2.45) is 7.05 Å². The number of ether oxygens (including phenoxy) is 1. The Labute approximate surface area is 200 Å². The van der Waals surface area contributed by atoms with Gasteiger partial charge in [-0.05, 0) is 32.3 Å². The van der Waals surface area contributed by atoms with Gasteiger partial charge in [-0.1, -0.05) is 6.07 Å². The van der Waals surface area contributed by atoms with Gasteiger partial charge in [0.2, 0.25) is 0 Å². The zero-order valence-electron chi connectivity index (χ0n) is 19.2. The topological polar surface area (TPSA) is 81.4 Å². The highest BCUT2D eigenvalue weighted by Crippen LogP contribution is 2.29. The lowest BCUT2D eigenvalue weighted by Crippen LogP contribution is -2.29. The number of carbonyl (C=O) groups excluding carboxylic acids is 1. The van der Waals surface area contributed by atoms with Crippen LogP contribution >= 0.6 is 0 Å². The zero-order valence-corrected chi connectivity index (χ0v) is 19.2. The van der Waals surface area contributed by atoms with Crippen LogP contribution < -0.4 is 15.7 Å². The van der Waals surface area contributed by atoms with Crippen molar-refractivity contribution in [2.45, 2.75) is 19.1 Å². The van der Waals surface area contributed by atoms with Crippen molar-refractivity contribution in [3.05, 3.63) is 69.7 Å². The molecule has 0 spiro atoms. The summed E-state index contributed by atoms with van der Waals surface area (Å²) >= 11 is 0. The van der Waals surface area contributed by atoms with Crippen molar-refractivity contribution in [1.82, 2.24) is 19.2 Å². The van der Waals surface area contributed by atoms with Gasteiger partial charge < -0.3 is 15.0 Å². The average Bonchev–Trinajstić information content (AvgIpc) is 3.07. The number of rotatable bonds is 9. The molecule has 0 saturated carbocycles. The normalized spacial score (nSPS) is 12.3. The second kappa shape index (κ2) is 10.8. The summed E-state index contributed by atoms with van der Waals surface area (Å²) in [6.45, 7) is -1.49. The minimum atomic E-state index is -3.34. The van der Waals surface area contributed by atoms with Crippen LogP contribution in [0.4, 0.5) is 32.0 Å². The van der Waals surface area contributed by atoms with E-state index >= 15 is 4.39 Å². The SMILES string of the molecule is CN(C)Cc1nn(-c2cc(O[C@@H](CF)C(F)F)c(C(=O)Nc3c(F)cccc3F)cc2F)c(=O)n1C. The summed E-state index contributed by atoms with van der Waals surface area (Å²) in [6, 6.07) is 3.93. The maximum atomic E-state index is 15.1. The number of hydrogen-bond donors (Lipinski definition) is 1. The van der Waals surface area contributed by atoms with Crippen LogP contribution in [0, 0.1) is 17.5 Å². The van der Waals surface area contributed by atoms with E-state index in [1.54, 1.807) is 19.0 Å². The Morgan fingerprint density at radius 1 is 1.14 bits per heavy atom. The van der Waals surface area contributed by atoms with Crippen LogP contribution in [0.3, 0.4) is 0 Å². The molecule has 0 aliphatic rings. The van der Waals surface area contributed by atoms with Gasteiger partial charge in [0.15, 0.2) is 6.10 Å². The van der Waals surface area contributed by atoms with Crippen LogP contribution in [0.5, 0.6) is 5.75 Å². The standard InChI is InChI=1S/C22H21F6N5O3/c1-31(2)10-18-30-33(22(35)32(18)3)15-8-16(36-17(9-23)20(27)28)11(7-14(15)26)21(34)29-19-12(24)5-4-6-13(19)25/h4-8,17,20H,9-10H2,1-3H3,(H,29,34)/t17-/m0/s1. The second-order valence-electron chi connectivity index (χ2n) is 7.90. The highest BCUT2D eigenvalue weighted by Gasteiger charge is 2.28. The number of hydrogen-bond acceptors (Lipinski definition) is 5. The van der Waals surface area contributed by atoms with E-state index in [1.165, 1.54) is 7.05 Å². The van der Waals surface area contributed by atoms with E-state index < -0.39 is 70.9 Å². The predicted molar refractivity (Wildman–Crippen MR) is 117 cm³/mol. The first-order valence-corrected chi connectivity index (χ1v) is 10.3. The Morgan fingerprint density at radius 3 is 2.33 bits per heavy atom. The third-order valence-corrected chi connectivity index (χ3v) is 4.96. The molecule has 2 aromatic carbocycles. The van der Waals surface area contributed by atoms with Crippen LogP contribution in [-0.2, 0) is 13.6 Å². The highest BCUT2D eigenvalue weighted by atomic mass is 19.3. The summed E-state index contributed by atoms with van der Waals surface area (Å²) in [6.07, 6.45) is -5.70. The third-order valence-electron chi connectivity index (χ3n) is 4.96. The molecule has 1 heterocycles. The highest BCUT2D eigenvalue weighted by molar-refractivity contribution is 6.06. The minimum Gasteiger partial charge on any atom is -0.481 e. The van der Waals surface area contributed by atoms with E-state index in [0.717, 1.165) is 22.8 Å². The molecule has 14 heteroatoms. The van der Waals surface area contributed by atoms with E-state index in [-0.39, 0.29) is 12.4 Å². The average molecular weight is 517 g/mol. The fourth-order valence-corrected chi connectivity index (χ4v) is 3.15. The van der Waals surface area contributed by atoms with Gasteiger partial charge in [0, 0.05) is 13.1 Å². The molecule has 0 aliphatic carbocycles. The summed E-state index contributed by atoms with van der Waals surface area (Å²) in [5, 5.41) is 5.91. The first-order valence-electron chi connectivity index (χ1n) is 10.3. The Kier molecular flexibility index (Phi) is 8.07. The number of benzene rings is 2. The first-order chi connectivity index (χ1) is 16.9. The van der Waals surface area contributed by atoms with Crippen molar-refractivity contribution in [1.29, 1.82) is 0 Å². The number of carbonyl (C=O) groups is 1. The smallest absolute Gasteiger partial charge is 0.350 e. The number of nitrogens with zero attached hydrogens (tertiary/aromatic N) is 4. The molecule has 36 heavy (non-hydrogen) atoms. The summed E-state index contributed by atoms with van der Waals surface area (Å²) in [5.74, 6) is -5.43. The van der Waals surface area contributed by atoms with Crippen molar-refractivity contribution >= 4 is 11.6 Å². The van der Waals surface area contributed by atoms with E-state index in [4.69, 9.17) is 4.74 Å². The Morgan fingerprint density at radius 2 is 1.78 bits per heavy atom. The minimum absolute atomic E-state index is 0.188. The third kappa shape index (κ3) is 5.53. The molecule has 8 nitrogen and oxygen atoms in total. The lowest BCUT2D eigenvalue weighted by molar-refractivity contribution is -0.00158.